The molecule has 0 aromatic heterocycles. The minimum absolute atomic E-state index is 0.129. The van der Waals surface area contributed by atoms with E-state index in [2.05, 4.69) is 24.5 Å². The van der Waals surface area contributed by atoms with Gasteiger partial charge in [0.15, 0.2) is 0 Å². The number of carbonyl (C=O) groups is 3. The number of hydrogen-bond donors (Lipinski definition) is 3. The quantitative estimate of drug-likeness (QED) is 0.292. The zero-order valence-corrected chi connectivity index (χ0v) is 29.0. The first-order chi connectivity index (χ1) is 22.3. The lowest BCUT2D eigenvalue weighted by atomic mass is 9.76. The third-order valence-electron chi connectivity index (χ3n) is 10.5. The Bertz CT molecular complexity index is 1620. The van der Waals surface area contributed by atoms with Crippen molar-refractivity contribution in [3.63, 3.8) is 0 Å². The number of carbonyl (C=O) groups excluding carboxylic acids is 3. The first-order valence-corrected chi connectivity index (χ1v) is 17.1. The Hall–Kier alpha value is -4.07. The van der Waals surface area contributed by atoms with Crippen LogP contribution in [0.1, 0.15) is 106 Å². The normalized spacial score (nSPS) is 27.0. The van der Waals surface area contributed by atoms with Crippen LogP contribution in [-0.2, 0) is 19.1 Å². The maximum absolute atomic E-state index is 12.9. The average molecular weight is 643 g/mol. The van der Waals surface area contributed by atoms with Crippen molar-refractivity contribution in [3.8, 4) is 0 Å². The van der Waals surface area contributed by atoms with E-state index in [0.717, 1.165) is 84.7 Å². The van der Waals surface area contributed by atoms with E-state index in [1.165, 1.54) is 0 Å². The number of nitrogens with one attached hydrogen (secondary N) is 2. The number of benzene rings is 2. The van der Waals surface area contributed by atoms with Crippen LogP contribution >= 0.6 is 0 Å². The van der Waals surface area contributed by atoms with Crippen LogP contribution in [0.5, 0.6) is 0 Å². The predicted octanol–water partition coefficient (Wildman–Crippen LogP) is 7.92. The topological polar surface area (TPSA) is 114 Å². The van der Waals surface area contributed by atoms with Crippen molar-refractivity contribution in [2.24, 2.45) is 11.8 Å². The maximum Gasteiger partial charge on any atom is 0.513 e. The summed E-state index contributed by atoms with van der Waals surface area (Å²) < 4.78 is 10.6. The van der Waals surface area contributed by atoms with E-state index in [9.17, 15) is 19.5 Å². The summed E-state index contributed by atoms with van der Waals surface area (Å²) in [5, 5.41) is 17.0. The van der Waals surface area contributed by atoms with Gasteiger partial charge in [-0.1, -0.05) is 61.4 Å². The number of ether oxygens (including phenoxy) is 2. The highest BCUT2D eigenvalue weighted by Crippen LogP contribution is 2.46. The van der Waals surface area contributed by atoms with Crippen LogP contribution in [0.15, 0.2) is 47.9 Å². The molecule has 2 heterocycles. The van der Waals surface area contributed by atoms with Crippen molar-refractivity contribution < 1.29 is 29.0 Å². The average Bonchev–Trinajstić information content (AvgIpc) is 3.42. The van der Waals surface area contributed by atoms with Crippen LogP contribution in [0.3, 0.4) is 0 Å². The van der Waals surface area contributed by atoms with Crippen molar-refractivity contribution in [2.45, 2.75) is 111 Å². The summed E-state index contributed by atoms with van der Waals surface area (Å²) in [7, 11) is 0. The van der Waals surface area contributed by atoms with Crippen LogP contribution in [0.25, 0.3) is 11.1 Å². The van der Waals surface area contributed by atoms with Crippen LogP contribution < -0.4 is 10.6 Å². The van der Waals surface area contributed by atoms with Crippen LogP contribution in [-0.4, -0.2) is 40.8 Å². The van der Waals surface area contributed by atoms with Crippen LogP contribution in [0.4, 0.5) is 4.79 Å². The van der Waals surface area contributed by atoms with Gasteiger partial charge in [-0.25, -0.2) is 4.79 Å². The summed E-state index contributed by atoms with van der Waals surface area (Å²) in [6, 6.07) is 12.0. The predicted molar refractivity (Wildman–Crippen MR) is 183 cm³/mol. The van der Waals surface area contributed by atoms with Crippen LogP contribution in [0, 0.1) is 39.5 Å². The Morgan fingerprint density at radius 1 is 0.766 bits per heavy atom. The molecule has 2 spiro atoms. The first kappa shape index (κ1) is 34.3. The number of hydrogen-bond acceptors (Lipinski definition) is 6. The van der Waals surface area contributed by atoms with E-state index >= 15 is 0 Å². The van der Waals surface area contributed by atoms with Crippen molar-refractivity contribution in [1.29, 1.82) is 0 Å². The third kappa shape index (κ3) is 6.83. The monoisotopic (exact) mass is 642 g/mol. The van der Waals surface area contributed by atoms with E-state index < -0.39 is 17.2 Å². The van der Waals surface area contributed by atoms with E-state index in [-0.39, 0.29) is 24.2 Å². The summed E-state index contributed by atoms with van der Waals surface area (Å²) in [5.74, 6) is 1.66. The summed E-state index contributed by atoms with van der Waals surface area (Å²) in [5.41, 5.74) is 5.65. The van der Waals surface area contributed by atoms with Gasteiger partial charge in [-0.3, -0.25) is 9.59 Å². The van der Waals surface area contributed by atoms with E-state index in [4.69, 9.17) is 9.47 Å². The molecule has 0 saturated heterocycles. The lowest BCUT2D eigenvalue weighted by molar-refractivity contribution is -0.117. The van der Waals surface area contributed by atoms with Gasteiger partial charge in [0.1, 0.15) is 11.5 Å². The number of aliphatic hydroxyl groups excluding tert-OH is 1. The number of rotatable bonds is 4. The smallest absolute Gasteiger partial charge is 0.509 e. The lowest BCUT2D eigenvalue weighted by Crippen LogP contribution is -2.47. The molecule has 0 unspecified atom stereocenters. The SMILES string of the molecule is CCOC(=O)OC1=C(c2cc(C)ccc2C)C(=O)NC12CCC(C)CC2.Cc1ccc(C)c(C2=C(O)C3(CCC(C)CC3)NC2=O)c1. The summed E-state index contributed by atoms with van der Waals surface area (Å²) >= 11 is 0. The molecule has 252 valence electrons. The first-order valence-electron chi connectivity index (χ1n) is 17.1. The molecule has 8 heteroatoms. The lowest BCUT2D eigenvalue weighted by Gasteiger charge is -2.37. The minimum Gasteiger partial charge on any atom is -0.509 e. The molecule has 47 heavy (non-hydrogen) atoms. The van der Waals surface area contributed by atoms with Crippen molar-refractivity contribution >= 4 is 29.1 Å². The molecule has 0 radical (unpaired) electrons. The van der Waals surface area contributed by atoms with Gasteiger partial charge in [-0.05, 0) is 120 Å². The molecule has 6 rings (SSSR count). The van der Waals surface area contributed by atoms with Crippen molar-refractivity contribution in [3.05, 3.63) is 81.3 Å². The molecular weight excluding hydrogens is 592 g/mol. The van der Waals surface area contributed by atoms with Gasteiger partial charge < -0.3 is 25.2 Å². The van der Waals surface area contributed by atoms with Crippen molar-refractivity contribution in [1.82, 2.24) is 10.6 Å². The van der Waals surface area contributed by atoms with Gasteiger partial charge in [0.05, 0.1) is 28.8 Å². The fourth-order valence-corrected chi connectivity index (χ4v) is 7.47. The van der Waals surface area contributed by atoms with Gasteiger partial charge in [0.2, 0.25) is 0 Å². The molecule has 3 N–H and O–H groups in total. The molecular formula is C39H50N2O6. The Morgan fingerprint density at radius 2 is 1.21 bits per heavy atom. The zero-order chi connectivity index (χ0) is 34.1. The maximum atomic E-state index is 12.9. The second-order valence-corrected chi connectivity index (χ2v) is 14.3. The molecule has 0 atom stereocenters. The minimum atomic E-state index is -0.750. The second kappa shape index (κ2) is 13.6. The summed E-state index contributed by atoms with van der Waals surface area (Å²) in [4.78, 5) is 37.5. The molecule has 2 aromatic rings. The zero-order valence-electron chi connectivity index (χ0n) is 29.0. The molecule has 4 aliphatic rings. The Morgan fingerprint density at radius 3 is 1.72 bits per heavy atom. The third-order valence-corrected chi connectivity index (χ3v) is 10.5. The van der Waals surface area contributed by atoms with E-state index in [1.54, 1.807) is 6.92 Å². The number of aryl methyl sites for hydroxylation is 4. The van der Waals surface area contributed by atoms with E-state index in [0.29, 0.717) is 28.7 Å². The molecule has 2 saturated carbocycles. The highest BCUT2D eigenvalue weighted by atomic mass is 16.7. The highest BCUT2D eigenvalue weighted by molar-refractivity contribution is 6.24. The van der Waals surface area contributed by atoms with Gasteiger partial charge >= 0.3 is 6.16 Å². The molecule has 2 aliphatic heterocycles. The fourth-order valence-electron chi connectivity index (χ4n) is 7.47. The molecule has 2 amide bonds. The highest BCUT2D eigenvalue weighted by Gasteiger charge is 2.50. The van der Waals surface area contributed by atoms with E-state index in [1.807, 2.05) is 64.1 Å². The standard InChI is InChI=1S/C21H27NO4.C18H23NO2/c1-5-25-20(24)26-18-17(16-12-14(3)6-7-15(16)4)19(23)22-21(18)10-8-13(2)9-11-21;1-11-6-8-18(9-7-11)16(20)15(17(21)19-18)14-10-12(2)4-5-13(14)3/h6-7,12-13H,5,8-11H2,1-4H3,(H,22,23);4-5,10-11,20H,6-9H2,1-3H3,(H,19,21). The largest absolute Gasteiger partial charge is 0.513 e. The Balaban J connectivity index is 0.000000189. The summed E-state index contributed by atoms with van der Waals surface area (Å²) in [6.45, 7) is 14.3. The molecule has 0 bridgehead atoms. The molecule has 2 aliphatic carbocycles. The van der Waals surface area contributed by atoms with Gasteiger partial charge in [0, 0.05) is 0 Å². The number of amides is 2. The van der Waals surface area contributed by atoms with Gasteiger partial charge in [0.25, 0.3) is 11.8 Å². The fraction of sp³-hybridized carbons (Fsp3) is 0.513. The van der Waals surface area contributed by atoms with Crippen molar-refractivity contribution in [2.75, 3.05) is 6.61 Å². The Kier molecular flexibility index (Phi) is 9.90. The molecule has 2 fully saturated rings. The van der Waals surface area contributed by atoms with Crippen LogP contribution in [0.2, 0.25) is 0 Å². The second-order valence-electron chi connectivity index (χ2n) is 14.3. The van der Waals surface area contributed by atoms with Gasteiger partial charge in [-0.15, -0.1) is 0 Å². The summed E-state index contributed by atoms with van der Waals surface area (Å²) in [6.07, 6.45) is 6.51. The van der Waals surface area contributed by atoms with Gasteiger partial charge in [-0.2, -0.15) is 0 Å². The molecule has 8 nitrogen and oxygen atoms in total. The Labute approximate surface area is 279 Å². The number of aliphatic hydroxyl groups is 1. The molecule has 2 aromatic carbocycles.